The van der Waals surface area contributed by atoms with Crippen molar-refractivity contribution in [2.75, 3.05) is 32.5 Å². The number of hydrogen-bond donors (Lipinski definition) is 1. The summed E-state index contributed by atoms with van der Waals surface area (Å²) in [6, 6.07) is 20.3. The topological polar surface area (TPSA) is 78.4 Å². The molecule has 1 unspecified atom stereocenters. The first-order valence-corrected chi connectivity index (χ1v) is 15.2. The van der Waals surface area contributed by atoms with Crippen LogP contribution >= 0.6 is 0 Å². The number of fused-ring (bicyclic) bond motifs is 2. The van der Waals surface area contributed by atoms with Crippen molar-refractivity contribution in [1.82, 2.24) is 19.2 Å². The predicted molar refractivity (Wildman–Crippen MR) is 157 cm³/mol. The molecule has 1 fully saturated rings. The third kappa shape index (κ3) is 5.29. The summed E-state index contributed by atoms with van der Waals surface area (Å²) in [6.45, 7) is 2.51. The molecule has 1 aliphatic carbocycles. The number of likely N-dealkylation sites (tertiary alicyclic amines) is 1. The van der Waals surface area contributed by atoms with Gasteiger partial charge in [-0.25, -0.2) is 22.7 Å². The van der Waals surface area contributed by atoms with Gasteiger partial charge in [0.25, 0.3) is 0 Å². The minimum absolute atomic E-state index is 0.256. The quantitative estimate of drug-likeness (QED) is 0.319. The average molecular weight is 542 g/mol. The van der Waals surface area contributed by atoms with Gasteiger partial charge in [0, 0.05) is 43.0 Å². The van der Waals surface area contributed by atoms with Gasteiger partial charge in [0.05, 0.1) is 10.4 Å². The molecule has 0 bridgehead atoms. The fourth-order valence-electron chi connectivity index (χ4n) is 5.95. The minimum atomic E-state index is -3.54. The van der Waals surface area contributed by atoms with Crippen LogP contribution in [0.5, 0.6) is 0 Å². The minimum Gasteiger partial charge on any atom is -0.324 e. The van der Waals surface area contributed by atoms with Crippen LogP contribution in [0.25, 0.3) is 22.0 Å². The second-order valence-electron chi connectivity index (χ2n) is 10.8. The van der Waals surface area contributed by atoms with Gasteiger partial charge >= 0.3 is 0 Å². The number of aryl methyl sites for hydroxylation is 2. The van der Waals surface area contributed by atoms with Crippen molar-refractivity contribution >= 4 is 32.6 Å². The Hall–Kier alpha value is -3.33. The van der Waals surface area contributed by atoms with Crippen molar-refractivity contribution in [2.45, 2.75) is 49.5 Å². The molecule has 0 amide bonds. The molecule has 7 nitrogen and oxygen atoms in total. The van der Waals surface area contributed by atoms with Crippen molar-refractivity contribution in [3.8, 4) is 11.1 Å². The zero-order chi connectivity index (χ0) is 27.0. The summed E-state index contributed by atoms with van der Waals surface area (Å²) < 4.78 is 26.7. The Kier molecular flexibility index (Phi) is 7.10. The van der Waals surface area contributed by atoms with Gasteiger partial charge in [0.1, 0.15) is 0 Å². The van der Waals surface area contributed by atoms with Gasteiger partial charge in [-0.2, -0.15) is 0 Å². The van der Waals surface area contributed by atoms with Crippen LogP contribution in [0.15, 0.2) is 71.8 Å². The van der Waals surface area contributed by atoms with E-state index in [1.807, 2.05) is 30.5 Å². The zero-order valence-corrected chi connectivity index (χ0v) is 23.4. The number of hydrogen-bond acceptors (Lipinski definition) is 6. The Balaban J connectivity index is 1.27. The number of benzene rings is 3. The lowest BCUT2D eigenvalue weighted by Crippen LogP contribution is -2.32. The molecule has 3 aromatic carbocycles. The van der Waals surface area contributed by atoms with Crippen LogP contribution in [0.3, 0.4) is 0 Å². The second kappa shape index (κ2) is 10.7. The number of nitrogens with zero attached hydrogens (tertiary/aromatic N) is 4. The maximum absolute atomic E-state index is 12.7. The van der Waals surface area contributed by atoms with Gasteiger partial charge in [-0.05, 0) is 92.6 Å². The van der Waals surface area contributed by atoms with Crippen molar-refractivity contribution < 1.29 is 8.42 Å². The van der Waals surface area contributed by atoms with Gasteiger partial charge in [-0.15, -0.1) is 0 Å². The van der Waals surface area contributed by atoms with Crippen molar-refractivity contribution in [3.63, 3.8) is 0 Å². The fraction of sp³-hybridized carbons (Fsp3) is 0.355. The Morgan fingerprint density at radius 2 is 1.69 bits per heavy atom. The van der Waals surface area contributed by atoms with E-state index in [9.17, 15) is 8.42 Å². The third-order valence-electron chi connectivity index (χ3n) is 8.15. The van der Waals surface area contributed by atoms with Gasteiger partial charge in [0.2, 0.25) is 16.0 Å². The van der Waals surface area contributed by atoms with Gasteiger partial charge in [-0.3, -0.25) is 0 Å². The number of para-hydroxylation sites is 1. The van der Waals surface area contributed by atoms with Crippen LogP contribution in [0, 0.1) is 0 Å². The van der Waals surface area contributed by atoms with E-state index in [1.165, 1.54) is 54.2 Å². The lowest BCUT2D eigenvalue weighted by molar-refractivity contribution is 0.222. The number of nitrogens with one attached hydrogen (secondary N) is 1. The van der Waals surface area contributed by atoms with Crippen molar-refractivity contribution in [3.05, 3.63) is 78.0 Å². The maximum atomic E-state index is 12.7. The molecule has 1 saturated heterocycles. The van der Waals surface area contributed by atoms with E-state index in [-0.39, 0.29) is 4.90 Å². The van der Waals surface area contributed by atoms with Crippen molar-refractivity contribution in [2.24, 2.45) is 0 Å². The molecular weight excluding hydrogens is 506 g/mol. The lowest BCUT2D eigenvalue weighted by atomic mass is 10.0. The summed E-state index contributed by atoms with van der Waals surface area (Å²) in [4.78, 5) is 12.4. The summed E-state index contributed by atoms with van der Waals surface area (Å²) in [6.07, 6.45) is 9.19. The highest BCUT2D eigenvalue weighted by molar-refractivity contribution is 7.89. The van der Waals surface area contributed by atoms with Crippen LogP contribution in [0.1, 0.15) is 36.8 Å². The second-order valence-corrected chi connectivity index (χ2v) is 13.0. The predicted octanol–water partition coefficient (Wildman–Crippen LogP) is 5.63. The van der Waals surface area contributed by atoms with Crippen LogP contribution in [-0.4, -0.2) is 60.8 Å². The van der Waals surface area contributed by atoms with E-state index in [1.54, 1.807) is 32.3 Å². The molecule has 1 N–H and O–H groups in total. The molecule has 1 aliphatic heterocycles. The molecule has 1 atom stereocenters. The highest BCUT2D eigenvalue weighted by Gasteiger charge is 2.24. The maximum Gasteiger partial charge on any atom is 0.242 e. The monoisotopic (exact) mass is 541 g/mol. The van der Waals surface area contributed by atoms with Gasteiger partial charge in [0.15, 0.2) is 0 Å². The van der Waals surface area contributed by atoms with Crippen LogP contribution in [-0.2, 0) is 22.9 Å². The van der Waals surface area contributed by atoms with E-state index >= 15 is 0 Å². The molecule has 0 spiro atoms. The first-order valence-electron chi connectivity index (χ1n) is 13.8. The average Bonchev–Trinajstić information content (AvgIpc) is 3.40. The first kappa shape index (κ1) is 25.9. The Labute approximate surface area is 230 Å². The molecule has 39 heavy (non-hydrogen) atoms. The van der Waals surface area contributed by atoms with E-state index < -0.39 is 10.0 Å². The Bertz CT molecular complexity index is 1610. The zero-order valence-electron chi connectivity index (χ0n) is 22.6. The van der Waals surface area contributed by atoms with Gasteiger partial charge in [-0.1, -0.05) is 36.4 Å². The number of rotatable bonds is 6. The van der Waals surface area contributed by atoms with Crippen LogP contribution in [0.2, 0.25) is 0 Å². The summed E-state index contributed by atoms with van der Waals surface area (Å²) >= 11 is 0. The number of sulfonamides is 1. The third-order valence-corrected chi connectivity index (χ3v) is 9.96. The standard InChI is InChI=1S/C31H35N5O2S/c1-35(2)39(37,38)28-9-5-7-24(20-28)29-10-6-8-25-21-32-31(34-30(25)29)33-26-14-11-22-12-15-27(16-13-23(22)19-26)36-17-3-4-18-36/h5-11,14,19-21,27H,3-4,12-13,15-18H2,1-2H3,(H,32,33,34). The first-order chi connectivity index (χ1) is 18.9. The highest BCUT2D eigenvalue weighted by Crippen LogP contribution is 2.31. The smallest absolute Gasteiger partial charge is 0.242 e. The summed E-state index contributed by atoms with van der Waals surface area (Å²) in [5, 5.41) is 4.32. The molecule has 1 aromatic heterocycles. The summed E-state index contributed by atoms with van der Waals surface area (Å²) in [5.41, 5.74) is 6.30. The molecule has 0 saturated carbocycles. The Morgan fingerprint density at radius 1 is 0.923 bits per heavy atom. The van der Waals surface area contributed by atoms with E-state index in [0.717, 1.165) is 40.6 Å². The van der Waals surface area contributed by atoms with E-state index in [0.29, 0.717) is 12.0 Å². The van der Waals surface area contributed by atoms with Crippen molar-refractivity contribution in [1.29, 1.82) is 0 Å². The normalized spacial score (nSPS) is 18.3. The van der Waals surface area contributed by atoms with Crippen LogP contribution < -0.4 is 5.32 Å². The molecule has 202 valence electrons. The Morgan fingerprint density at radius 3 is 2.49 bits per heavy atom. The molecule has 6 rings (SSSR count). The molecular formula is C31H35N5O2S. The summed E-state index contributed by atoms with van der Waals surface area (Å²) in [7, 11) is -0.460. The highest BCUT2D eigenvalue weighted by atomic mass is 32.2. The SMILES string of the molecule is CN(C)S(=O)(=O)c1cccc(-c2cccc3cnc(Nc4ccc5c(c4)CCC(N4CCCC4)CC5)nc23)c1. The van der Waals surface area contributed by atoms with E-state index in [2.05, 4.69) is 33.4 Å². The largest absolute Gasteiger partial charge is 0.324 e. The molecule has 2 heterocycles. The van der Waals surface area contributed by atoms with Crippen LogP contribution in [0.4, 0.5) is 11.6 Å². The number of anilines is 2. The fourth-order valence-corrected chi connectivity index (χ4v) is 6.90. The van der Waals surface area contributed by atoms with E-state index in [4.69, 9.17) is 4.98 Å². The summed E-state index contributed by atoms with van der Waals surface area (Å²) in [5.74, 6) is 0.524. The van der Waals surface area contributed by atoms with Gasteiger partial charge < -0.3 is 10.2 Å². The number of aromatic nitrogens is 2. The molecule has 4 aromatic rings. The molecule has 0 radical (unpaired) electrons. The molecule has 8 heteroatoms. The molecule has 2 aliphatic rings. The lowest BCUT2D eigenvalue weighted by Gasteiger charge is -2.25.